The van der Waals surface area contributed by atoms with Crippen molar-refractivity contribution in [2.75, 3.05) is 20.3 Å². The highest BCUT2D eigenvalue weighted by Gasteiger charge is 2.26. The van der Waals surface area contributed by atoms with Crippen molar-refractivity contribution in [1.82, 2.24) is 14.9 Å². The first-order chi connectivity index (χ1) is 8.72. The Hall–Kier alpha value is -1.36. The summed E-state index contributed by atoms with van der Waals surface area (Å²) in [6.45, 7) is 3.21. The first-order valence-electron chi connectivity index (χ1n) is 6.50. The number of imidazole rings is 1. The van der Waals surface area contributed by atoms with Gasteiger partial charge in [0.1, 0.15) is 5.82 Å². The summed E-state index contributed by atoms with van der Waals surface area (Å²) < 4.78 is 7.17. The van der Waals surface area contributed by atoms with E-state index in [1.54, 1.807) is 7.11 Å². The van der Waals surface area contributed by atoms with Gasteiger partial charge < -0.3 is 14.6 Å². The Bertz CT molecular complexity index is 410. The summed E-state index contributed by atoms with van der Waals surface area (Å²) in [6.07, 6.45) is 5.64. The first kappa shape index (κ1) is 13.1. The van der Waals surface area contributed by atoms with Crippen LogP contribution >= 0.6 is 0 Å². The van der Waals surface area contributed by atoms with Crippen LogP contribution in [0.1, 0.15) is 36.8 Å². The van der Waals surface area contributed by atoms with Crippen LogP contribution in [0.3, 0.4) is 0 Å². The van der Waals surface area contributed by atoms with Crippen LogP contribution in [0.2, 0.25) is 0 Å². The molecule has 1 fully saturated rings. The first-order valence-corrected chi connectivity index (χ1v) is 6.50. The molecular weight excluding hydrogens is 230 g/mol. The van der Waals surface area contributed by atoms with Gasteiger partial charge in [-0.1, -0.05) is 0 Å². The van der Waals surface area contributed by atoms with Gasteiger partial charge in [0.15, 0.2) is 0 Å². The molecule has 1 aliphatic rings. The average Bonchev–Trinajstić information content (AvgIpc) is 3.12. The van der Waals surface area contributed by atoms with Crippen molar-refractivity contribution in [2.24, 2.45) is 0 Å². The molecule has 0 atom stereocenters. The smallest absolute Gasteiger partial charge is 0.222 e. The standard InChI is InChI=1S/C13H21N3O2/c1-10-9-15-12(16(10)11-3-4-11)5-7-14-13(17)6-8-18-2/h9,11H,3-8H2,1-2H3,(H,14,17). The molecule has 1 amide bonds. The van der Waals surface area contributed by atoms with E-state index in [0.29, 0.717) is 25.6 Å². The van der Waals surface area contributed by atoms with Gasteiger partial charge in [-0.15, -0.1) is 0 Å². The molecule has 1 aliphatic carbocycles. The molecule has 0 saturated heterocycles. The molecule has 0 unspecified atom stereocenters. The maximum Gasteiger partial charge on any atom is 0.222 e. The third kappa shape index (κ3) is 3.32. The normalized spacial score (nSPS) is 14.8. The lowest BCUT2D eigenvalue weighted by Gasteiger charge is -2.09. The zero-order chi connectivity index (χ0) is 13.0. The lowest BCUT2D eigenvalue weighted by Crippen LogP contribution is -2.27. The third-order valence-electron chi connectivity index (χ3n) is 3.17. The van der Waals surface area contributed by atoms with Crippen molar-refractivity contribution in [2.45, 2.75) is 38.6 Å². The highest BCUT2D eigenvalue weighted by Crippen LogP contribution is 2.36. The second-order valence-electron chi connectivity index (χ2n) is 4.76. The minimum absolute atomic E-state index is 0.0399. The second kappa shape index (κ2) is 6.00. The number of hydrogen-bond acceptors (Lipinski definition) is 3. The van der Waals surface area contributed by atoms with Crippen LogP contribution in [0, 0.1) is 6.92 Å². The van der Waals surface area contributed by atoms with Crippen LogP contribution in [0.25, 0.3) is 0 Å². The van der Waals surface area contributed by atoms with Crippen LogP contribution in [-0.2, 0) is 16.0 Å². The van der Waals surface area contributed by atoms with E-state index in [1.807, 2.05) is 6.20 Å². The number of rotatable bonds is 7. The molecule has 5 heteroatoms. The lowest BCUT2D eigenvalue weighted by molar-refractivity contribution is -0.121. The third-order valence-corrected chi connectivity index (χ3v) is 3.17. The van der Waals surface area contributed by atoms with Crippen LogP contribution in [-0.4, -0.2) is 35.7 Å². The van der Waals surface area contributed by atoms with Crippen molar-refractivity contribution < 1.29 is 9.53 Å². The molecule has 0 radical (unpaired) electrons. The maximum atomic E-state index is 11.4. The summed E-state index contributed by atoms with van der Waals surface area (Å²) in [5.41, 5.74) is 1.22. The van der Waals surface area contributed by atoms with Gasteiger partial charge in [-0.05, 0) is 19.8 Å². The molecular formula is C13H21N3O2. The molecule has 0 spiro atoms. The predicted molar refractivity (Wildman–Crippen MR) is 68.4 cm³/mol. The van der Waals surface area contributed by atoms with E-state index in [-0.39, 0.29) is 5.91 Å². The van der Waals surface area contributed by atoms with Gasteiger partial charge in [-0.3, -0.25) is 4.79 Å². The molecule has 0 aliphatic heterocycles. The van der Waals surface area contributed by atoms with E-state index < -0.39 is 0 Å². The number of methoxy groups -OCH3 is 1. The Morgan fingerprint density at radius 2 is 2.39 bits per heavy atom. The summed E-state index contributed by atoms with van der Waals surface area (Å²) in [5.74, 6) is 1.13. The summed E-state index contributed by atoms with van der Waals surface area (Å²) >= 11 is 0. The van der Waals surface area contributed by atoms with Crippen molar-refractivity contribution in [3.63, 3.8) is 0 Å². The number of aromatic nitrogens is 2. The molecule has 100 valence electrons. The second-order valence-corrected chi connectivity index (χ2v) is 4.76. The monoisotopic (exact) mass is 251 g/mol. The molecule has 1 aromatic heterocycles. The van der Waals surface area contributed by atoms with Crippen LogP contribution in [0.15, 0.2) is 6.20 Å². The Morgan fingerprint density at radius 3 is 3.06 bits per heavy atom. The molecule has 5 nitrogen and oxygen atoms in total. The van der Waals surface area contributed by atoms with Gasteiger partial charge in [0.2, 0.25) is 5.91 Å². The number of aryl methyl sites for hydroxylation is 1. The zero-order valence-electron chi connectivity index (χ0n) is 11.1. The van der Waals surface area contributed by atoms with Crippen LogP contribution < -0.4 is 5.32 Å². The molecule has 1 N–H and O–H groups in total. The van der Waals surface area contributed by atoms with Crippen LogP contribution in [0.4, 0.5) is 0 Å². The Balaban J connectivity index is 1.78. The molecule has 1 heterocycles. The lowest BCUT2D eigenvalue weighted by atomic mass is 10.3. The van der Waals surface area contributed by atoms with Gasteiger partial charge >= 0.3 is 0 Å². The van der Waals surface area contributed by atoms with E-state index in [1.165, 1.54) is 18.5 Å². The van der Waals surface area contributed by atoms with Gasteiger partial charge in [-0.25, -0.2) is 4.98 Å². The van der Waals surface area contributed by atoms with E-state index in [0.717, 1.165) is 12.2 Å². The molecule has 1 aromatic rings. The van der Waals surface area contributed by atoms with E-state index >= 15 is 0 Å². The molecule has 0 bridgehead atoms. The SMILES string of the molecule is COCCC(=O)NCCc1ncc(C)n1C1CC1. The molecule has 2 rings (SSSR count). The minimum Gasteiger partial charge on any atom is -0.384 e. The summed E-state index contributed by atoms with van der Waals surface area (Å²) in [5, 5.41) is 2.89. The average molecular weight is 251 g/mol. The van der Waals surface area contributed by atoms with E-state index in [9.17, 15) is 4.79 Å². The van der Waals surface area contributed by atoms with Crippen LogP contribution in [0.5, 0.6) is 0 Å². The summed E-state index contributed by atoms with van der Waals surface area (Å²) in [6, 6.07) is 0.645. The largest absolute Gasteiger partial charge is 0.384 e. The van der Waals surface area contributed by atoms with Gasteiger partial charge in [0.05, 0.1) is 6.61 Å². The van der Waals surface area contributed by atoms with E-state index in [4.69, 9.17) is 4.74 Å². The maximum absolute atomic E-state index is 11.4. The van der Waals surface area contributed by atoms with Gasteiger partial charge in [-0.2, -0.15) is 0 Å². The zero-order valence-corrected chi connectivity index (χ0v) is 11.1. The number of carbonyl (C=O) groups excluding carboxylic acids is 1. The molecule has 0 aromatic carbocycles. The van der Waals surface area contributed by atoms with Gasteiger partial charge in [0, 0.05) is 44.4 Å². The number of carbonyl (C=O) groups is 1. The van der Waals surface area contributed by atoms with Crippen molar-refractivity contribution in [3.8, 4) is 0 Å². The van der Waals surface area contributed by atoms with Gasteiger partial charge in [0.25, 0.3) is 0 Å². The topological polar surface area (TPSA) is 56.1 Å². The fraction of sp³-hybridized carbons (Fsp3) is 0.692. The Morgan fingerprint density at radius 1 is 1.61 bits per heavy atom. The number of nitrogens with zero attached hydrogens (tertiary/aromatic N) is 2. The number of nitrogens with one attached hydrogen (secondary N) is 1. The Kier molecular flexibility index (Phi) is 4.36. The molecule has 1 saturated carbocycles. The van der Waals surface area contributed by atoms with Crippen molar-refractivity contribution in [1.29, 1.82) is 0 Å². The fourth-order valence-electron chi connectivity index (χ4n) is 2.11. The number of ether oxygens (including phenoxy) is 1. The molecule has 18 heavy (non-hydrogen) atoms. The number of amides is 1. The van der Waals surface area contributed by atoms with E-state index in [2.05, 4.69) is 21.8 Å². The van der Waals surface area contributed by atoms with Crippen molar-refractivity contribution >= 4 is 5.91 Å². The predicted octanol–water partition coefficient (Wildman–Crippen LogP) is 1.22. The number of hydrogen-bond donors (Lipinski definition) is 1. The Labute approximate surface area is 108 Å². The summed E-state index contributed by atoms with van der Waals surface area (Å²) in [7, 11) is 1.60. The summed E-state index contributed by atoms with van der Waals surface area (Å²) in [4.78, 5) is 15.8. The highest BCUT2D eigenvalue weighted by atomic mass is 16.5. The quantitative estimate of drug-likeness (QED) is 0.792. The minimum atomic E-state index is 0.0399. The fourth-order valence-corrected chi connectivity index (χ4v) is 2.11. The highest BCUT2D eigenvalue weighted by molar-refractivity contribution is 5.75. The van der Waals surface area contributed by atoms with Crippen molar-refractivity contribution in [3.05, 3.63) is 17.7 Å².